The van der Waals surface area contributed by atoms with E-state index in [9.17, 15) is 0 Å². The summed E-state index contributed by atoms with van der Waals surface area (Å²) < 4.78 is 5.60. The fraction of sp³-hybridized carbons (Fsp3) is 0.333. The molecule has 1 rings (SSSR count). The Balaban J connectivity index is 2.39. The zero-order valence-corrected chi connectivity index (χ0v) is 9.51. The van der Waals surface area contributed by atoms with Crippen LogP contribution >= 0.6 is 11.3 Å². The Morgan fingerprint density at radius 1 is 1.57 bits per heavy atom. The Labute approximate surface area is 89.7 Å². The average Bonchev–Trinajstić information content (AvgIpc) is 2.71. The maximum atomic E-state index is 5.60. The van der Waals surface area contributed by atoms with E-state index < -0.39 is 0 Å². The molecule has 0 aliphatic carbocycles. The minimum Gasteiger partial charge on any atom is -0.479 e. The molecule has 0 unspecified atom stereocenters. The van der Waals surface area contributed by atoms with Gasteiger partial charge in [-0.3, -0.25) is 0 Å². The van der Waals surface area contributed by atoms with Crippen LogP contribution in [-0.2, 0) is 0 Å². The number of thiophene rings is 1. The predicted molar refractivity (Wildman–Crippen MR) is 63.0 cm³/mol. The Morgan fingerprint density at radius 2 is 2.43 bits per heavy atom. The van der Waals surface area contributed by atoms with E-state index in [1.54, 1.807) is 11.3 Å². The molecule has 0 N–H and O–H groups in total. The summed E-state index contributed by atoms with van der Waals surface area (Å²) in [6, 6.07) is 3.98. The van der Waals surface area contributed by atoms with E-state index in [1.807, 2.05) is 24.4 Å². The fourth-order valence-electron chi connectivity index (χ4n) is 0.997. The van der Waals surface area contributed by atoms with Gasteiger partial charge in [-0.15, -0.1) is 11.3 Å². The Morgan fingerprint density at radius 3 is 3.00 bits per heavy atom. The minimum atomic E-state index is 0.660. The van der Waals surface area contributed by atoms with Crippen LogP contribution in [0.25, 0.3) is 0 Å². The smallest absolute Gasteiger partial charge is 0.174 e. The summed E-state index contributed by atoms with van der Waals surface area (Å²) in [6.07, 6.45) is 7.41. The lowest BCUT2D eigenvalue weighted by molar-refractivity contribution is 0.366. The van der Waals surface area contributed by atoms with Gasteiger partial charge in [0.05, 0.1) is 0 Å². The zero-order valence-electron chi connectivity index (χ0n) is 8.69. The lowest BCUT2D eigenvalue weighted by atomic mass is 10.2. The standard InChI is InChI=1S/C12H16OS/c1-3-5-7-11(4-2)10-13-12-8-6-9-14-12/h4-9H,3,10H2,1-2H3/b7-5-,11-4+. The van der Waals surface area contributed by atoms with Crippen LogP contribution in [0, 0.1) is 0 Å². The van der Waals surface area contributed by atoms with Crippen molar-refractivity contribution in [3.05, 3.63) is 41.3 Å². The summed E-state index contributed by atoms with van der Waals surface area (Å²) in [7, 11) is 0. The largest absolute Gasteiger partial charge is 0.479 e. The first-order chi connectivity index (χ1) is 6.86. The third-order valence-electron chi connectivity index (χ3n) is 1.81. The molecule has 1 nitrogen and oxygen atoms in total. The van der Waals surface area contributed by atoms with Crippen LogP contribution < -0.4 is 4.74 Å². The minimum absolute atomic E-state index is 0.660. The molecule has 2 heteroatoms. The molecule has 76 valence electrons. The van der Waals surface area contributed by atoms with Gasteiger partial charge < -0.3 is 4.74 Å². The van der Waals surface area contributed by atoms with Crippen molar-refractivity contribution in [3.63, 3.8) is 0 Å². The first-order valence-corrected chi connectivity index (χ1v) is 5.72. The van der Waals surface area contributed by atoms with Gasteiger partial charge in [0, 0.05) is 0 Å². The monoisotopic (exact) mass is 208 g/mol. The van der Waals surface area contributed by atoms with E-state index in [1.165, 1.54) is 5.57 Å². The quantitative estimate of drug-likeness (QED) is 0.664. The molecule has 0 atom stereocenters. The summed E-state index contributed by atoms with van der Waals surface area (Å²) in [5.41, 5.74) is 1.22. The van der Waals surface area contributed by atoms with Gasteiger partial charge in [0.15, 0.2) is 5.06 Å². The first kappa shape index (κ1) is 11.1. The lowest BCUT2D eigenvalue weighted by Gasteiger charge is -2.03. The second-order valence-corrected chi connectivity index (χ2v) is 3.81. The van der Waals surface area contributed by atoms with E-state index >= 15 is 0 Å². The van der Waals surface area contributed by atoms with E-state index in [0.717, 1.165) is 11.5 Å². The summed E-state index contributed by atoms with van der Waals surface area (Å²) in [4.78, 5) is 0. The number of hydrogen-bond donors (Lipinski definition) is 0. The highest BCUT2D eigenvalue weighted by Crippen LogP contribution is 2.18. The third-order valence-corrected chi connectivity index (χ3v) is 2.59. The molecule has 0 spiro atoms. The van der Waals surface area contributed by atoms with Gasteiger partial charge in [-0.1, -0.05) is 25.2 Å². The molecule has 0 aliphatic rings. The van der Waals surface area contributed by atoms with Gasteiger partial charge in [-0.2, -0.15) is 0 Å². The van der Waals surface area contributed by atoms with Crippen LogP contribution in [0.5, 0.6) is 5.06 Å². The van der Waals surface area contributed by atoms with Crippen molar-refractivity contribution in [2.24, 2.45) is 0 Å². The Hall–Kier alpha value is -1.02. The molecule has 0 saturated carbocycles. The molecule has 0 aromatic carbocycles. The second kappa shape index (κ2) is 6.44. The SMILES string of the molecule is C/C=C(\C=C/CC)COc1cccs1. The summed E-state index contributed by atoms with van der Waals surface area (Å²) in [5, 5.41) is 3.00. The van der Waals surface area contributed by atoms with Crippen molar-refractivity contribution in [3.8, 4) is 5.06 Å². The highest BCUT2D eigenvalue weighted by Gasteiger charge is 1.95. The lowest BCUT2D eigenvalue weighted by Crippen LogP contribution is -1.97. The van der Waals surface area contributed by atoms with Crippen molar-refractivity contribution in [1.82, 2.24) is 0 Å². The molecule has 1 aromatic rings. The van der Waals surface area contributed by atoms with Crippen molar-refractivity contribution in [1.29, 1.82) is 0 Å². The van der Waals surface area contributed by atoms with E-state index in [-0.39, 0.29) is 0 Å². The van der Waals surface area contributed by atoms with Crippen LogP contribution in [-0.4, -0.2) is 6.61 Å². The summed E-state index contributed by atoms with van der Waals surface area (Å²) in [5.74, 6) is 0. The molecular weight excluding hydrogens is 192 g/mol. The van der Waals surface area contributed by atoms with Crippen LogP contribution in [0.15, 0.2) is 41.3 Å². The van der Waals surface area contributed by atoms with E-state index in [0.29, 0.717) is 6.61 Å². The van der Waals surface area contributed by atoms with E-state index in [2.05, 4.69) is 25.2 Å². The van der Waals surface area contributed by atoms with Gasteiger partial charge in [-0.25, -0.2) is 0 Å². The van der Waals surface area contributed by atoms with Gasteiger partial charge in [0.25, 0.3) is 0 Å². The maximum absolute atomic E-state index is 5.60. The molecule has 0 amide bonds. The number of ether oxygens (including phenoxy) is 1. The predicted octanol–water partition coefficient (Wildman–Crippen LogP) is 4.04. The fourth-order valence-corrected chi connectivity index (χ4v) is 1.57. The van der Waals surface area contributed by atoms with Crippen LogP contribution in [0.3, 0.4) is 0 Å². The van der Waals surface area contributed by atoms with Crippen molar-refractivity contribution in [2.75, 3.05) is 6.61 Å². The normalized spacial score (nSPS) is 12.3. The second-order valence-electron chi connectivity index (χ2n) is 2.89. The Kier molecular flexibility index (Phi) is 5.08. The summed E-state index contributed by atoms with van der Waals surface area (Å²) in [6.45, 7) is 4.82. The average molecular weight is 208 g/mol. The Bertz CT molecular complexity index is 296. The molecular formula is C12H16OS. The van der Waals surface area contributed by atoms with Crippen LogP contribution in [0.4, 0.5) is 0 Å². The molecule has 0 bridgehead atoms. The van der Waals surface area contributed by atoms with Crippen LogP contribution in [0.1, 0.15) is 20.3 Å². The van der Waals surface area contributed by atoms with Crippen molar-refractivity contribution >= 4 is 11.3 Å². The third kappa shape index (κ3) is 3.79. The molecule has 0 saturated heterocycles. The van der Waals surface area contributed by atoms with Crippen molar-refractivity contribution < 1.29 is 4.74 Å². The molecule has 1 aromatic heterocycles. The van der Waals surface area contributed by atoms with Gasteiger partial charge >= 0.3 is 0 Å². The highest BCUT2D eigenvalue weighted by atomic mass is 32.1. The summed E-state index contributed by atoms with van der Waals surface area (Å²) >= 11 is 1.63. The molecule has 0 aliphatic heterocycles. The molecule has 0 fully saturated rings. The maximum Gasteiger partial charge on any atom is 0.174 e. The van der Waals surface area contributed by atoms with Gasteiger partial charge in [0.2, 0.25) is 0 Å². The topological polar surface area (TPSA) is 9.23 Å². The molecule has 0 radical (unpaired) electrons. The first-order valence-electron chi connectivity index (χ1n) is 4.84. The van der Waals surface area contributed by atoms with Crippen LogP contribution in [0.2, 0.25) is 0 Å². The number of rotatable bonds is 5. The molecule has 14 heavy (non-hydrogen) atoms. The van der Waals surface area contributed by atoms with Crippen molar-refractivity contribution in [2.45, 2.75) is 20.3 Å². The molecule has 1 heterocycles. The van der Waals surface area contributed by atoms with Gasteiger partial charge in [-0.05, 0) is 36.4 Å². The number of hydrogen-bond acceptors (Lipinski definition) is 2. The highest BCUT2D eigenvalue weighted by molar-refractivity contribution is 7.11. The number of allylic oxidation sites excluding steroid dienone is 2. The van der Waals surface area contributed by atoms with Gasteiger partial charge in [0.1, 0.15) is 6.61 Å². The zero-order chi connectivity index (χ0) is 10.2. The van der Waals surface area contributed by atoms with E-state index in [4.69, 9.17) is 4.74 Å².